The van der Waals surface area contributed by atoms with E-state index in [4.69, 9.17) is 0 Å². The Morgan fingerprint density at radius 2 is 1.70 bits per heavy atom. The van der Waals surface area contributed by atoms with Crippen molar-refractivity contribution in [2.75, 3.05) is 31.6 Å². The predicted molar refractivity (Wildman–Crippen MR) is 86.5 cm³/mol. The number of sulfone groups is 1. The lowest BCUT2D eigenvalue weighted by molar-refractivity contribution is -0.149. The molecule has 2 aliphatic heterocycles. The van der Waals surface area contributed by atoms with E-state index in [0.29, 0.717) is 19.3 Å². The van der Waals surface area contributed by atoms with Crippen LogP contribution in [0.1, 0.15) is 44.9 Å². The quantitative estimate of drug-likeness (QED) is 0.712. The fourth-order valence-corrected chi connectivity index (χ4v) is 5.58. The van der Waals surface area contributed by atoms with Crippen molar-refractivity contribution in [1.29, 1.82) is 0 Å². The summed E-state index contributed by atoms with van der Waals surface area (Å²) < 4.78 is 23.3. The molecule has 3 aliphatic rings. The van der Waals surface area contributed by atoms with Crippen LogP contribution in [0.25, 0.3) is 0 Å². The average Bonchev–Trinajstić information content (AvgIpc) is 3.29. The number of amides is 2. The minimum atomic E-state index is -3.03. The van der Waals surface area contributed by atoms with Crippen molar-refractivity contribution in [3.05, 3.63) is 0 Å². The van der Waals surface area contributed by atoms with E-state index in [0.717, 1.165) is 38.8 Å². The van der Waals surface area contributed by atoms with Crippen molar-refractivity contribution in [3.63, 3.8) is 0 Å². The van der Waals surface area contributed by atoms with E-state index in [9.17, 15) is 18.0 Å². The maximum Gasteiger partial charge on any atom is 0.238 e. The van der Waals surface area contributed by atoms with E-state index in [-0.39, 0.29) is 29.4 Å². The molecule has 130 valence electrons. The van der Waals surface area contributed by atoms with Gasteiger partial charge in [0.15, 0.2) is 9.84 Å². The standard InChI is InChI=1S/C16H26N2O4S/c1-17(13-6-11-23(21,22)12-13)14(19)16(7-8-16)15(20)18-9-4-2-3-5-10-18/h13H,2-12H2,1H3. The van der Waals surface area contributed by atoms with E-state index < -0.39 is 15.3 Å². The molecule has 0 bridgehead atoms. The summed E-state index contributed by atoms with van der Waals surface area (Å²) in [5.74, 6) is -0.0306. The van der Waals surface area contributed by atoms with E-state index in [1.807, 2.05) is 4.90 Å². The first kappa shape index (κ1) is 16.7. The SMILES string of the molecule is CN(C(=O)C1(C(=O)N2CCCCCC2)CC1)C1CCS(=O)(=O)C1. The second-order valence-electron chi connectivity index (χ2n) is 7.26. The van der Waals surface area contributed by atoms with Gasteiger partial charge in [-0.3, -0.25) is 9.59 Å². The highest BCUT2D eigenvalue weighted by molar-refractivity contribution is 7.91. The summed E-state index contributed by atoms with van der Waals surface area (Å²) in [6.45, 7) is 1.49. The third kappa shape index (κ3) is 3.25. The van der Waals surface area contributed by atoms with Gasteiger partial charge in [-0.05, 0) is 32.1 Å². The van der Waals surface area contributed by atoms with Gasteiger partial charge in [-0.25, -0.2) is 8.42 Å². The fourth-order valence-electron chi connectivity index (χ4n) is 3.80. The zero-order valence-corrected chi connectivity index (χ0v) is 14.6. The molecule has 23 heavy (non-hydrogen) atoms. The summed E-state index contributed by atoms with van der Waals surface area (Å²) in [4.78, 5) is 29.2. The highest BCUT2D eigenvalue weighted by Gasteiger charge is 2.59. The van der Waals surface area contributed by atoms with E-state index in [1.54, 1.807) is 7.05 Å². The monoisotopic (exact) mass is 342 g/mol. The molecule has 3 rings (SSSR count). The van der Waals surface area contributed by atoms with Crippen LogP contribution >= 0.6 is 0 Å². The maximum absolute atomic E-state index is 12.9. The smallest absolute Gasteiger partial charge is 0.238 e. The minimum Gasteiger partial charge on any atom is -0.342 e. The van der Waals surface area contributed by atoms with Crippen molar-refractivity contribution in [2.45, 2.75) is 51.0 Å². The molecule has 1 atom stereocenters. The molecular formula is C16H26N2O4S. The Kier molecular flexibility index (Phi) is 4.42. The molecule has 0 radical (unpaired) electrons. The molecule has 1 unspecified atom stereocenters. The molecule has 2 amide bonds. The third-order valence-electron chi connectivity index (χ3n) is 5.54. The van der Waals surface area contributed by atoms with Gasteiger partial charge in [0.05, 0.1) is 11.5 Å². The molecule has 0 spiro atoms. The number of carbonyl (C=O) groups excluding carboxylic acids is 2. The summed E-state index contributed by atoms with van der Waals surface area (Å²) in [6.07, 6.45) is 5.99. The molecule has 7 heteroatoms. The summed E-state index contributed by atoms with van der Waals surface area (Å²) in [6, 6.07) is -0.276. The van der Waals surface area contributed by atoms with Crippen molar-refractivity contribution < 1.29 is 18.0 Å². The molecule has 1 aliphatic carbocycles. The number of hydrogen-bond donors (Lipinski definition) is 0. The Morgan fingerprint density at radius 3 is 2.17 bits per heavy atom. The van der Waals surface area contributed by atoms with Crippen LogP contribution < -0.4 is 0 Å². The highest BCUT2D eigenvalue weighted by Crippen LogP contribution is 2.49. The molecule has 2 heterocycles. The second-order valence-corrected chi connectivity index (χ2v) is 9.49. The number of nitrogens with zero attached hydrogens (tertiary/aromatic N) is 2. The Bertz CT molecular complexity index is 589. The minimum absolute atomic E-state index is 0.0305. The largest absolute Gasteiger partial charge is 0.342 e. The summed E-state index contributed by atoms with van der Waals surface area (Å²) in [5.41, 5.74) is -0.897. The topological polar surface area (TPSA) is 74.8 Å². The predicted octanol–water partition coefficient (Wildman–Crippen LogP) is 0.815. The molecule has 0 aromatic rings. The van der Waals surface area contributed by atoms with Gasteiger partial charge < -0.3 is 9.80 Å². The van der Waals surface area contributed by atoms with Gasteiger partial charge in [-0.15, -0.1) is 0 Å². The average molecular weight is 342 g/mol. The Hall–Kier alpha value is -1.11. The van der Waals surface area contributed by atoms with Crippen LogP contribution in [-0.2, 0) is 19.4 Å². The van der Waals surface area contributed by atoms with Crippen LogP contribution in [-0.4, -0.2) is 67.7 Å². The highest BCUT2D eigenvalue weighted by atomic mass is 32.2. The first-order valence-electron chi connectivity index (χ1n) is 8.63. The van der Waals surface area contributed by atoms with Gasteiger partial charge in [0, 0.05) is 26.2 Å². The van der Waals surface area contributed by atoms with Crippen molar-refractivity contribution in [1.82, 2.24) is 9.80 Å². The number of rotatable bonds is 3. The van der Waals surface area contributed by atoms with Crippen molar-refractivity contribution in [2.24, 2.45) is 5.41 Å². The van der Waals surface area contributed by atoms with E-state index in [1.165, 1.54) is 4.90 Å². The van der Waals surface area contributed by atoms with Crippen LogP contribution in [0.2, 0.25) is 0 Å². The Morgan fingerprint density at radius 1 is 1.09 bits per heavy atom. The zero-order valence-electron chi connectivity index (χ0n) is 13.8. The molecular weight excluding hydrogens is 316 g/mol. The number of hydrogen-bond acceptors (Lipinski definition) is 4. The molecule has 1 saturated carbocycles. The number of carbonyl (C=O) groups is 2. The van der Waals surface area contributed by atoms with Crippen LogP contribution in [0.15, 0.2) is 0 Å². The van der Waals surface area contributed by atoms with Crippen LogP contribution in [0.3, 0.4) is 0 Å². The Balaban J connectivity index is 1.69. The van der Waals surface area contributed by atoms with Gasteiger partial charge in [0.25, 0.3) is 0 Å². The molecule has 0 aromatic carbocycles. The Labute approximate surface area is 138 Å². The van der Waals surface area contributed by atoms with Gasteiger partial charge in [0.1, 0.15) is 5.41 Å². The fraction of sp³-hybridized carbons (Fsp3) is 0.875. The molecule has 3 fully saturated rings. The van der Waals surface area contributed by atoms with E-state index >= 15 is 0 Å². The molecule has 0 N–H and O–H groups in total. The second kappa shape index (κ2) is 6.07. The first-order valence-corrected chi connectivity index (χ1v) is 10.4. The first-order chi connectivity index (χ1) is 10.9. The van der Waals surface area contributed by atoms with E-state index in [2.05, 4.69) is 0 Å². The van der Waals surface area contributed by atoms with Crippen LogP contribution in [0.4, 0.5) is 0 Å². The van der Waals surface area contributed by atoms with Crippen LogP contribution in [0.5, 0.6) is 0 Å². The molecule has 6 nitrogen and oxygen atoms in total. The normalized spacial score (nSPS) is 28.9. The lowest BCUT2D eigenvalue weighted by atomic mass is 10.0. The van der Waals surface area contributed by atoms with Gasteiger partial charge >= 0.3 is 0 Å². The summed E-state index contributed by atoms with van der Waals surface area (Å²) in [7, 11) is -1.38. The molecule has 2 saturated heterocycles. The summed E-state index contributed by atoms with van der Waals surface area (Å²) >= 11 is 0. The van der Waals surface area contributed by atoms with Crippen molar-refractivity contribution in [3.8, 4) is 0 Å². The van der Waals surface area contributed by atoms with Crippen molar-refractivity contribution >= 4 is 21.7 Å². The van der Waals surface area contributed by atoms with Gasteiger partial charge in [-0.1, -0.05) is 12.8 Å². The molecule has 0 aromatic heterocycles. The number of likely N-dealkylation sites (tertiary alicyclic amines) is 1. The lowest BCUT2D eigenvalue weighted by Gasteiger charge is -2.31. The third-order valence-corrected chi connectivity index (χ3v) is 7.29. The van der Waals surface area contributed by atoms with Crippen LogP contribution in [0, 0.1) is 5.41 Å². The van der Waals surface area contributed by atoms with Gasteiger partial charge in [-0.2, -0.15) is 0 Å². The maximum atomic E-state index is 12.9. The summed E-state index contributed by atoms with van der Waals surface area (Å²) in [5, 5.41) is 0. The zero-order chi connectivity index (χ0) is 16.7. The van der Waals surface area contributed by atoms with Gasteiger partial charge in [0.2, 0.25) is 11.8 Å². The lowest BCUT2D eigenvalue weighted by Crippen LogP contribution is -2.49.